The second kappa shape index (κ2) is 6.08. The summed E-state index contributed by atoms with van der Waals surface area (Å²) < 4.78 is 20.5. The van der Waals surface area contributed by atoms with Crippen LogP contribution in [0.1, 0.15) is 5.82 Å². The highest BCUT2D eigenvalue weighted by Gasteiger charge is 2.48. The van der Waals surface area contributed by atoms with Gasteiger partial charge in [-0.2, -0.15) is 0 Å². The molecule has 0 bridgehead atoms. The number of aromatic nitrogens is 2. The number of nitrogens with zero attached hydrogens (tertiary/aromatic N) is 2. The normalized spacial score (nSPS) is 29.6. The number of aryl methyl sites for hydroxylation is 1. The van der Waals surface area contributed by atoms with Crippen molar-refractivity contribution in [2.75, 3.05) is 23.5 Å². The molecule has 4 atom stereocenters. The highest BCUT2D eigenvalue weighted by molar-refractivity contribution is 7.46. The van der Waals surface area contributed by atoms with Crippen molar-refractivity contribution in [3.05, 3.63) is 16.2 Å². The monoisotopic (exact) mass is 364 g/mol. The number of nitrogens with one attached hydrogen (secondary N) is 2. The van der Waals surface area contributed by atoms with Crippen molar-refractivity contribution >= 4 is 19.3 Å². The number of aliphatic hydroxyl groups excluding tert-OH is 2. The topological polar surface area (TPSA) is 177 Å². The van der Waals surface area contributed by atoms with Crippen LogP contribution in [-0.4, -0.2) is 67.8 Å². The lowest BCUT2D eigenvalue weighted by molar-refractivity contribution is -0.0216. The summed E-state index contributed by atoms with van der Waals surface area (Å²) in [5.74, 6) is 0.617. The molecule has 0 amide bonds. The number of fused-ring (bicyclic) bond motifs is 1. The quantitative estimate of drug-likeness (QED) is 0.320. The first-order valence-corrected chi connectivity index (χ1v) is 8.53. The number of ether oxygens (including phenoxy) is 1. The molecule has 0 aromatic carbocycles. The smallest absolute Gasteiger partial charge is 0.387 e. The summed E-state index contributed by atoms with van der Waals surface area (Å²) in [6.07, 6.45) is -5.02. The number of aliphatic hydroxyl groups is 2. The first kappa shape index (κ1) is 17.3. The van der Waals surface area contributed by atoms with Crippen molar-refractivity contribution in [2.24, 2.45) is 0 Å². The summed E-state index contributed by atoms with van der Waals surface area (Å²) in [6, 6.07) is 0. The Labute approximate surface area is 135 Å². The fraction of sp³-hybridized carbons (Fsp3) is 0.636. The van der Waals surface area contributed by atoms with Crippen molar-refractivity contribution in [1.29, 1.82) is 0 Å². The fourth-order valence-electron chi connectivity index (χ4n) is 2.68. The van der Waals surface area contributed by atoms with Gasteiger partial charge in [-0.3, -0.25) is 9.32 Å². The summed E-state index contributed by atoms with van der Waals surface area (Å²) in [4.78, 5) is 37.5. The molecule has 134 valence electrons. The molecule has 2 aliphatic rings. The SMILES string of the molecule is Cc1nc2c(c(=O)[nH]1)NCN2[C@@H]1O[C@H](COP(=O)(O)O)[C@@H](O)[C@H]1O. The van der Waals surface area contributed by atoms with Gasteiger partial charge >= 0.3 is 7.82 Å². The van der Waals surface area contributed by atoms with Gasteiger partial charge in [-0.1, -0.05) is 0 Å². The van der Waals surface area contributed by atoms with Gasteiger partial charge in [-0.25, -0.2) is 9.55 Å². The van der Waals surface area contributed by atoms with Crippen LogP contribution in [0.5, 0.6) is 0 Å². The average molecular weight is 364 g/mol. The van der Waals surface area contributed by atoms with Crippen LogP contribution in [0.3, 0.4) is 0 Å². The van der Waals surface area contributed by atoms with E-state index in [4.69, 9.17) is 14.5 Å². The third kappa shape index (κ3) is 3.17. The van der Waals surface area contributed by atoms with Crippen molar-refractivity contribution < 1.29 is 33.8 Å². The van der Waals surface area contributed by atoms with Crippen molar-refractivity contribution in [1.82, 2.24) is 9.97 Å². The Hall–Kier alpha value is -1.53. The van der Waals surface area contributed by atoms with Crippen LogP contribution in [0.4, 0.5) is 11.5 Å². The predicted octanol–water partition coefficient (Wildman–Crippen LogP) is -2.18. The second-order valence-corrected chi connectivity index (χ2v) is 6.73. The molecule has 0 spiro atoms. The summed E-state index contributed by atoms with van der Waals surface area (Å²) in [5.41, 5.74) is -0.171. The minimum Gasteiger partial charge on any atom is -0.387 e. The molecule has 13 heteroatoms. The first-order valence-electron chi connectivity index (χ1n) is 7.00. The lowest BCUT2D eigenvalue weighted by Crippen LogP contribution is -2.44. The van der Waals surface area contributed by atoms with E-state index in [2.05, 4.69) is 19.8 Å². The van der Waals surface area contributed by atoms with E-state index in [-0.39, 0.29) is 23.7 Å². The van der Waals surface area contributed by atoms with E-state index >= 15 is 0 Å². The zero-order chi connectivity index (χ0) is 17.6. The van der Waals surface area contributed by atoms with Crippen LogP contribution in [0, 0.1) is 6.92 Å². The van der Waals surface area contributed by atoms with E-state index < -0.39 is 39.0 Å². The maximum atomic E-state index is 11.9. The van der Waals surface area contributed by atoms with Crippen molar-refractivity contribution in [2.45, 2.75) is 31.5 Å². The molecule has 1 saturated heterocycles. The molecular formula is C11H17N4O8P. The summed E-state index contributed by atoms with van der Waals surface area (Å²) in [7, 11) is -4.73. The molecule has 6 N–H and O–H groups in total. The second-order valence-electron chi connectivity index (χ2n) is 5.49. The highest BCUT2D eigenvalue weighted by atomic mass is 31.2. The Kier molecular flexibility index (Phi) is 4.38. The number of phosphoric acid groups is 1. The molecule has 0 aliphatic carbocycles. The molecule has 3 rings (SSSR count). The fourth-order valence-corrected chi connectivity index (χ4v) is 3.02. The molecule has 24 heavy (non-hydrogen) atoms. The van der Waals surface area contributed by atoms with E-state index in [1.54, 1.807) is 6.92 Å². The Bertz CT molecular complexity index is 735. The van der Waals surface area contributed by atoms with Gasteiger partial charge < -0.3 is 39.9 Å². The van der Waals surface area contributed by atoms with E-state index in [0.717, 1.165) is 0 Å². The zero-order valence-corrected chi connectivity index (χ0v) is 13.4. The molecule has 1 aromatic heterocycles. The van der Waals surface area contributed by atoms with Gasteiger partial charge in [0.1, 0.15) is 29.8 Å². The summed E-state index contributed by atoms with van der Waals surface area (Å²) in [5, 5.41) is 23.0. The van der Waals surface area contributed by atoms with Crippen LogP contribution in [0.2, 0.25) is 0 Å². The maximum Gasteiger partial charge on any atom is 0.469 e. The van der Waals surface area contributed by atoms with E-state index in [1.165, 1.54) is 4.90 Å². The van der Waals surface area contributed by atoms with Gasteiger partial charge in [0, 0.05) is 0 Å². The van der Waals surface area contributed by atoms with E-state index in [0.29, 0.717) is 5.82 Å². The van der Waals surface area contributed by atoms with E-state index in [9.17, 15) is 19.6 Å². The third-order valence-corrected chi connectivity index (χ3v) is 4.25. The summed E-state index contributed by atoms with van der Waals surface area (Å²) in [6.45, 7) is 1.10. The van der Waals surface area contributed by atoms with Crippen LogP contribution in [0.15, 0.2) is 4.79 Å². The summed E-state index contributed by atoms with van der Waals surface area (Å²) >= 11 is 0. The van der Waals surface area contributed by atoms with Gasteiger partial charge in [0.2, 0.25) is 0 Å². The van der Waals surface area contributed by atoms with Gasteiger partial charge in [-0.05, 0) is 6.92 Å². The molecule has 1 fully saturated rings. The minimum atomic E-state index is -4.73. The van der Waals surface area contributed by atoms with Crippen molar-refractivity contribution in [3.63, 3.8) is 0 Å². The van der Waals surface area contributed by atoms with E-state index in [1.807, 2.05) is 0 Å². The van der Waals surface area contributed by atoms with Gasteiger partial charge in [0.25, 0.3) is 5.56 Å². The molecule has 2 aliphatic heterocycles. The number of anilines is 2. The Balaban J connectivity index is 1.80. The first-order chi connectivity index (χ1) is 11.2. The van der Waals surface area contributed by atoms with Crippen molar-refractivity contribution in [3.8, 4) is 0 Å². The third-order valence-electron chi connectivity index (χ3n) is 3.77. The average Bonchev–Trinajstić information content (AvgIpc) is 3.00. The number of hydrogen-bond acceptors (Lipinski definition) is 9. The number of H-pyrrole nitrogens is 1. The van der Waals surface area contributed by atoms with Crippen LogP contribution < -0.4 is 15.8 Å². The number of phosphoric ester groups is 1. The van der Waals surface area contributed by atoms with Crippen LogP contribution >= 0.6 is 7.82 Å². The van der Waals surface area contributed by atoms with Crippen LogP contribution in [0.25, 0.3) is 0 Å². The molecule has 1 aromatic rings. The standard InChI is InChI=1S/C11H17N4O8P/c1-4-13-9-6(10(18)14-4)12-3-15(9)11-8(17)7(16)5(23-11)2-22-24(19,20)21/h5,7-8,11-12,16-17H,2-3H2,1H3,(H,13,14,18)(H2,19,20,21)/t5-,7-,8-,11-/m1/s1. The van der Waals surface area contributed by atoms with Gasteiger partial charge in [0.05, 0.1) is 13.3 Å². The molecule has 0 saturated carbocycles. The van der Waals surface area contributed by atoms with Crippen LogP contribution in [-0.2, 0) is 13.8 Å². The lowest BCUT2D eigenvalue weighted by atomic mass is 10.1. The molecule has 0 radical (unpaired) electrons. The minimum absolute atomic E-state index is 0.107. The molecule has 0 unspecified atom stereocenters. The zero-order valence-electron chi connectivity index (χ0n) is 12.5. The Morgan fingerprint density at radius 2 is 2.12 bits per heavy atom. The highest BCUT2D eigenvalue weighted by Crippen LogP contribution is 2.38. The Morgan fingerprint density at radius 1 is 1.42 bits per heavy atom. The molecular weight excluding hydrogens is 347 g/mol. The molecule has 3 heterocycles. The molecule has 12 nitrogen and oxygen atoms in total. The van der Waals surface area contributed by atoms with Gasteiger partial charge in [-0.15, -0.1) is 0 Å². The number of hydrogen-bond donors (Lipinski definition) is 6. The Morgan fingerprint density at radius 3 is 2.79 bits per heavy atom. The predicted molar refractivity (Wildman–Crippen MR) is 79.2 cm³/mol. The largest absolute Gasteiger partial charge is 0.469 e. The number of aromatic amines is 1. The maximum absolute atomic E-state index is 11.9. The van der Waals surface area contributed by atoms with Gasteiger partial charge in [0.15, 0.2) is 12.0 Å². The number of rotatable bonds is 4. The lowest BCUT2D eigenvalue weighted by Gasteiger charge is -2.26.